The van der Waals surface area contributed by atoms with E-state index >= 15 is 0 Å². The van der Waals surface area contributed by atoms with Crippen LogP contribution in [0.1, 0.15) is 31.2 Å². The van der Waals surface area contributed by atoms with Crippen LogP contribution in [0.25, 0.3) is 23.0 Å². The molecule has 2 fully saturated rings. The van der Waals surface area contributed by atoms with Crippen molar-refractivity contribution in [1.29, 1.82) is 0 Å². The minimum atomic E-state index is -3.73. The fourth-order valence-corrected chi connectivity index (χ4v) is 7.48. The van der Waals surface area contributed by atoms with Crippen molar-refractivity contribution in [3.63, 3.8) is 0 Å². The summed E-state index contributed by atoms with van der Waals surface area (Å²) in [5, 5.41) is 13.6. The fraction of sp³-hybridized carbons (Fsp3) is 0.310. The van der Waals surface area contributed by atoms with E-state index in [2.05, 4.69) is 0 Å². The number of unbranched alkanes of at least 4 members (excludes halogenated alkanes) is 2. The van der Waals surface area contributed by atoms with Crippen molar-refractivity contribution in [2.75, 3.05) is 32.8 Å². The van der Waals surface area contributed by atoms with Gasteiger partial charge in [-0.15, -0.1) is 0 Å². The molecule has 13 heteroatoms. The van der Waals surface area contributed by atoms with E-state index < -0.39 is 16.0 Å². The number of hydrogen-bond donors (Lipinski definition) is 1. The summed E-state index contributed by atoms with van der Waals surface area (Å²) in [7, 11) is -3.73. The van der Waals surface area contributed by atoms with Crippen LogP contribution in [0.5, 0.6) is 0 Å². The first-order valence-electron chi connectivity index (χ1n) is 13.5. The van der Waals surface area contributed by atoms with Crippen LogP contribution in [0.4, 0.5) is 0 Å². The number of amides is 1. The summed E-state index contributed by atoms with van der Waals surface area (Å²) in [5.74, 6) is -1.05. The molecular weight excluding hydrogens is 597 g/mol. The molecule has 1 N–H and O–H groups in total. The SMILES string of the molecule is O=C(O)CCCCCN1C(=O)C(=Cc2cn(-c3ccccc3)nc2-c2cccc(S(=O)(=O)N3CCOCC3)c2)SC1=S. The van der Waals surface area contributed by atoms with Crippen molar-refractivity contribution in [3.8, 4) is 16.9 Å². The number of ether oxygens (including phenoxy) is 1. The highest BCUT2D eigenvalue weighted by Gasteiger charge is 2.32. The maximum Gasteiger partial charge on any atom is 0.303 e. The number of carbonyl (C=O) groups is 2. The zero-order chi connectivity index (χ0) is 29.7. The number of aromatic nitrogens is 2. The van der Waals surface area contributed by atoms with Gasteiger partial charge < -0.3 is 9.84 Å². The highest BCUT2D eigenvalue weighted by Crippen LogP contribution is 2.35. The lowest BCUT2D eigenvalue weighted by Crippen LogP contribution is -2.40. The Balaban J connectivity index is 1.46. The number of hydrogen-bond acceptors (Lipinski definition) is 8. The van der Waals surface area contributed by atoms with Gasteiger partial charge in [0, 0.05) is 43.4 Å². The van der Waals surface area contributed by atoms with Crippen molar-refractivity contribution >= 4 is 56.3 Å². The standard InChI is InChI=1S/C29H30N4O6S3/c34-26(35)12-5-2-6-13-32-28(36)25(41-29(32)40)19-22-20-33(23-9-3-1-4-10-23)30-27(22)21-8-7-11-24(18-21)42(37,38)31-14-16-39-17-15-31/h1,3-4,7-11,18-20H,2,5-6,12-17H2,(H,34,35). The Bertz CT molecular complexity index is 1610. The lowest BCUT2D eigenvalue weighted by atomic mass is 10.1. The molecular formula is C29H30N4O6S3. The summed E-state index contributed by atoms with van der Waals surface area (Å²) in [6.07, 6.45) is 5.53. The maximum atomic E-state index is 13.4. The largest absolute Gasteiger partial charge is 0.481 e. The highest BCUT2D eigenvalue weighted by atomic mass is 32.2. The first-order chi connectivity index (χ1) is 20.2. The average molecular weight is 627 g/mol. The predicted molar refractivity (Wildman–Crippen MR) is 165 cm³/mol. The predicted octanol–water partition coefficient (Wildman–Crippen LogP) is 4.41. The molecule has 0 unspecified atom stereocenters. The van der Waals surface area contributed by atoms with Crippen LogP contribution in [0.3, 0.4) is 0 Å². The molecule has 3 aromatic rings. The van der Waals surface area contributed by atoms with Crippen LogP contribution in [0.15, 0.2) is 70.6 Å². The number of para-hydroxylation sites is 1. The molecule has 220 valence electrons. The molecule has 0 aliphatic carbocycles. The molecule has 3 heterocycles. The van der Waals surface area contributed by atoms with Gasteiger partial charge in [-0.2, -0.15) is 9.40 Å². The number of thiocarbonyl (C=S) groups is 1. The molecule has 5 rings (SSSR count). The third-order valence-electron chi connectivity index (χ3n) is 6.91. The maximum absolute atomic E-state index is 13.4. The second kappa shape index (κ2) is 13.3. The molecule has 10 nitrogen and oxygen atoms in total. The van der Waals surface area contributed by atoms with Crippen molar-refractivity contribution in [1.82, 2.24) is 19.0 Å². The topological polar surface area (TPSA) is 122 Å². The van der Waals surface area contributed by atoms with Gasteiger partial charge in [0.1, 0.15) is 10.0 Å². The molecule has 1 amide bonds. The second-order valence-corrected chi connectivity index (χ2v) is 13.4. The number of aliphatic carboxylic acids is 1. The zero-order valence-corrected chi connectivity index (χ0v) is 25.2. The van der Waals surface area contributed by atoms with E-state index in [1.165, 1.54) is 16.1 Å². The van der Waals surface area contributed by atoms with Crippen LogP contribution in [0, 0.1) is 0 Å². The van der Waals surface area contributed by atoms with E-state index in [1.54, 1.807) is 39.9 Å². The molecule has 0 atom stereocenters. The van der Waals surface area contributed by atoms with E-state index in [4.69, 9.17) is 27.2 Å². The summed E-state index contributed by atoms with van der Waals surface area (Å²) in [4.78, 5) is 26.2. The Morgan fingerprint density at radius 2 is 1.83 bits per heavy atom. The van der Waals surface area contributed by atoms with Gasteiger partial charge in [-0.1, -0.05) is 60.7 Å². The van der Waals surface area contributed by atoms with E-state index in [1.807, 2.05) is 36.5 Å². The van der Waals surface area contributed by atoms with Crippen molar-refractivity contribution in [3.05, 3.63) is 71.3 Å². The molecule has 2 aliphatic heterocycles. The minimum absolute atomic E-state index is 0.0986. The zero-order valence-electron chi connectivity index (χ0n) is 22.7. The lowest BCUT2D eigenvalue weighted by Gasteiger charge is -2.26. The number of thioether (sulfide) groups is 1. The normalized spacial score (nSPS) is 17.3. The number of carboxylic acids is 1. The quantitative estimate of drug-likeness (QED) is 0.187. The molecule has 0 spiro atoms. The molecule has 2 saturated heterocycles. The van der Waals surface area contributed by atoms with Gasteiger partial charge in [0.2, 0.25) is 10.0 Å². The van der Waals surface area contributed by atoms with Gasteiger partial charge in [-0.25, -0.2) is 13.1 Å². The Hall–Kier alpha value is -3.36. The van der Waals surface area contributed by atoms with Crippen molar-refractivity contribution < 1.29 is 27.9 Å². The molecule has 2 aromatic carbocycles. The van der Waals surface area contributed by atoms with E-state index in [9.17, 15) is 18.0 Å². The summed E-state index contributed by atoms with van der Waals surface area (Å²) in [6, 6.07) is 16.2. The van der Waals surface area contributed by atoms with Crippen LogP contribution < -0.4 is 0 Å². The molecule has 42 heavy (non-hydrogen) atoms. The number of nitrogens with zero attached hydrogens (tertiary/aromatic N) is 4. The Morgan fingerprint density at radius 3 is 2.57 bits per heavy atom. The third-order valence-corrected chi connectivity index (χ3v) is 10.2. The minimum Gasteiger partial charge on any atom is -0.481 e. The van der Waals surface area contributed by atoms with E-state index in [-0.39, 0.29) is 17.2 Å². The summed E-state index contributed by atoms with van der Waals surface area (Å²) in [5.41, 5.74) is 2.57. The average Bonchev–Trinajstić information content (AvgIpc) is 3.54. The molecule has 2 aliphatic rings. The number of carboxylic acid groups (broad SMARTS) is 1. The molecule has 0 radical (unpaired) electrons. The smallest absolute Gasteiger partial charge is 0.303 e. The van der Waals surface area contributed by atoms with Gasteiger partial charge in [0.15, 0.2) is 0 Å². The van der Waals surface area contributed by atoms with Crippen LogP contribution in [0.2, 0.25) is 0 Å². The highest BCUT2D eigenvalue weighted by molar-refractivity contribution is 8.26. The molecule has 1 aromatic heterocycles. The summed E-state index contributed by atoms with van der Waals surface area (Å²) >= 11 is 6.69. The summed E-state index contributed by atoms with van der Waals surface area (Å²) in [6.45, 7) is 1.71. The first kappa shape index (κ1) is 30.1. The van der Waals surface area contributed by atoms with Crippen LogP contribution >= 0.6 is 24.0 Å². The molecule has 0 bridgehead atoms. The van der Waals surface area contributed by atoms with Crippen LogP contribution in [-0.4, -0.2) is 81.6 Å². The number of benzene rings is 2. The van der Waals surface area contributed by atoms with Crippen molar-refractivity contribution in [2.24, 2.45) is 0 Å². The van der Waals surface area contributed by atoms with Gasteiger partial charge in [-0.05, 0) is 43.2 Å². The van der Waals surface area contributed by atoms with E-state index in [0.29, 0.717) is 78.2 Å². The Labute approximate surface area is 254 Å². The molecule has 0 saturated carbocycles. The van der Waals surface area contributed by atoms with E-state index in [0.717, 1.165) is 5.69 Å². The van der Waals surface area contributed by atoms with Gasteiger partial charge in [-0.3, -0.25) is 14.5 Å². The third kappa shape index (κ3) is 6.81. The van der Waals surface area contributed by atoms with Crippen LogP contribution in [-0.2, 0) is 24.3 Å². The second-order valence-electron chi connectivity index (χ2n) is 9.80. The first-order valence-corrected chi connectivity index (χ1v) is 16.2. The van der Waals surface area contributed by atoms with Crippen molar-refractivity contribution in [2.45, 2.75) is 30.6 Å². The Morgan fingerprint density at radius 1 is 1.07 bits per heavy atom. The number of carbonyl (C=O) groups excluding carboxylic acids is 1. The van der Waals surface area contributed by atoms with Gasteiger partial charge in [0.25, 0.3) is 5.91 Å². The van der Waals surface area contributed by atoms with Gasteiger partial charge >= 0.3 is 5.97 Å². The monoisotopic (exact) mass is 626 g/mol. The summed E-state index contributed by atoms with van der Waals surface area (Å²) < 4.78 is 35.6. The number of rotatable bonds is 11. The number of morpholine rings is 1. The Kier molecular flexibility index (Phi) is 9.53. The lowest BCUT2D eigenvalue weighted by molar-refractivity contribution is -0.137. The number of sulfonamides is 1. The van der Waals surface area contributed by atoms with Gasteiger partial charge in [0.05, 0.1) is 28.7 Å². The fourth-order valence-electron chi connectivity index (χ4n) is 4.73.